The van der Waals surface area contributed by atoms with Crippen molar-refractivity contribution in [2.45, 2.75) is 9.79 Å². The lowest BCUT2D eigenvalue weighted by molar-refractivity contribution is -0.680. The van der Waals surface area contributed by atoms with Crippen LogP contribution in [0.4, 0.5) is 5.69 Å². The molecule has 1 aromatic heterocycles. The molecule has 0 spiro atoms. The molecule has 11 heteroatoms. The Kier molecular flexibility index (Phi) is 4.27. The van der Waals surface area contributed by atoms with E-state index in [9.17, 15) is 23.3 Å². The summed E-state index contributed by atoms with van der Waals surface area (Å²) in [4.78, 5) is 21.3. The first-order valence-corrected chi connectivity index (χ1v) is 8.97. The van der Waals surface area contributed by atoms with Gasteiger partial charge in [0, 0.05) is 40.2 Å². The zero-order valence-corrected chi connectivity index (χ0v) is 14.7. The van der Waals surface area contributed by atoms with Gasteiger partial charge in [-0.3, -0.25) is 14.6 Å². The molecule has 0 aliphatic heterocycles. The van der Waals surface area contributed by atoms with Gasteiger partial charge in [-0.2, -0.15) is 0 Å². The van der Waals surface area contributed by atoms with Crippen LogP contribution in [-0.4, -0.2) is 18.6 Å². The Hall–Kier alpha value is -2.79. The van der Waals surface area contributed by atoms with Crippen molar-refractivity contribution in [1.29, 1.82) is 0 Å². The molecule has 3 aromatic rings. The maximum Gasteiger partial charge on any atom is 0.442 e. The molecule has 0 aliphatic rings. The van der Waals surface area contributed by atoms with Crippen molar-refractivity contribution in [3.05, 3.63) is 73.7 Å². The fourth-order valence-electron chi connectivity index (χ4n) is 2.08. The lowest BCUT2D eigenvalue weighted by Crippen LogP contribution is -2.34. The van der Waals surface area contributed by atoms with E-state index in [-0.39, 0.29) is 20.1 Å². The fraction of sp³-hybridized carbons (Fsp3) is 0. The second-order valence-corrected chi connectivity index (χ2v) is 7.56. The average molecular weight is 427 g/mol. The third-order valence-corrected chi connectivity index (χ3v) is 5.82. The standard InChI is InChI=1S/C14H8BrN3O6S/c15-13-14(19)24-16-17(13)9-1-5-11(6-2-9)25(22,23)12-7-3-10(4-8-12)18(20)21/h1-8H/p+1. The van der Waals surface area contributed by atoms with Crippen LogP contribution < -0.4 is 10.3 Å². The number of hydrogen-bond acceptors (Lipinski definition) is 6. The van der Waals surface area contributed by atoms with E-state index in [0.717, 1.165) is 12.1 Å². The highest BCUT2D eigenvalue weighted by atomic mass is 79.9. The van der Waals surface area contributed by atoms with Crippen LogP contribution in [0.1, 0.15) is 0 Å². The Balaban J connectivity index is 1.97. The van der Waals surface area contributed by atoms with Gasteiger partial charge < -0.3 is 0 Å². The first-order chi connectivity index (χ1) is 11.8. The lowest BCUT2D eigenvalue weighted by atomic mass is 10.3. The van der Waals surface area contributed by atoms with Crippen LogP contribution in [0.2, 0.25) is 0 Å². The van der Waals surface area contributed by atoms with Crippen molar-refractivity contribution >= 4 is 31.5 Å². The van der Waals surface area contributed by atoms with Gasteiger partial charge in [-0.05, 0) is 34.2 Å². The average Bonchev–Trinajstić information content (AvgIpc) is 2.94. The third-order valence-electron chi connectivity index (χ3n) is 3.36. The van der Waals surface area contributed by atoms with Crippen LogP contribution in [0.5, 0.6) is 0 Å². The Labute approximate surface area is 148 Å². The van der Waals surface area contributed by atoms with Gasteiger partial charge in [0.1, 0.15) is 0 Å². The summed E-state index contributed by atoms with van der Waals surface area (Å²) in [6.07, 6.45) is 0. The molecule has 0 saturated carbocycles. The van der Waals surface area contributed by atoms with Crippen molar-refractivity contribution in [2.75, 3.05) is 0 Å². The van der Waals surface area contributed by atoms with Crippen LogP contribution in [0.15, 0.2) is 72.2 Å². The molecule has 0 unspecified atom stereocenters. The van der Waals surface area contributed by atoms with Gasteiger partial charge in [-0.1, -0.05) is 0 Å². The number of benzene rings is 2. The maximum absolute atomic E-state index is 12.6. The van der Waals surface area contributed by atoms with Crippen LogP contribution in [0, 0.1) is 10.1 Å². The summed E-state index contributed by atoms with van der Waals surface area (Å²) in [5.41, 5.74) is -0.331. The number of nitrogens with zero attached hydrogens (tertiary/aromatic N) is 2. The largest absolute Gasteiger partial charge is 0.442 e. The molecular weight excluding hydrogens is 418 g/mol. The third kappa shape index (κ3) is 3.10. The Morgan fingerprint density at radius 1 is 1.04 bits per heavy atom. The number of hydrogen-bond donors (Lipinski definition) is 1. The summed E-state index contributed by atoms with van der Waals surface area (Å²) in [5, 5.41) is 13.0. The number of non-ortho nitro benzene ring substituents is 1. The number of halogens is 1. The number of nitro benzene ring substituents is 1. The van der Waals surface area contributed by atoms with E-state index < -0.39 is 20.4 Å². The highest BCUT2D eigenvalue weighted by Gasteiger charge is 2.23. The molecule has 25 heavy (non-hydrogen) atoms. The molecule has 1 N–H and O–H groups in total. The van der Waals surface area contributed by atoms with Gasteiger partial charge in [-0.25, -0.2) is 13.2 Å². The highest BCUT2D eigenvalue weighted by Crippen LogP contribution is 2.23. The van der Waals surface area contributed by atoms with E-state index >= 15 is 0 Å². The SMILES string of the molecule is O=c1o[nH][n+](-c2ccc(S(=O)(=O)c3ccc([N+](=O)[O-])cc3)cc2)c1Br. The number of aromatic nitrogens is 2. The van der Waals surface area contributed by atoms with Gasteiger partial charge in [-0.15, -0.1) is 0 Å². The predicted molar refractivity (Wildman–Crippen MR) is 87.1 cm³/mol. The number of H-pyrrole nitrogens is 1. The summed E-state index contributed by atoms with van der Waals surface area (Å²) in [6.45, 7) is 0. The van der Waals surface area contributed by atoms with Crippen molar-refractivity contribution in [3.63, 3.8) is 0 Å². The second kappa shape index (κ2) is 6.26. The van der Waals surface area contributed by atoms with Crippen molar-refractivity contribution in [1.82, 2.24) is 5.27 Å². The van der Waals surface area contributed by atoms with Gasteiger partial charge >= 0.3 is 10.2 Å². The Bertz CT molecular complexity index is 1100. The summed E-state index contributed by atoms with van der Waals surface area (Å²) < 4.78 is 31.2. The van der Waals surface area contributed by atoms with E-state index in [0.29, 0.717) is 5.69 Å². The van der Waals surface area contributed by atoms with E-state index in [1.165, 1.54) is 41.1 Å². The molecule has 0 bridgehead atoms. The van der Waals surface area contributed by atoms with Crippen molar-refractivity contribution in [2.24, 2.45) is 0 Å². The molecular formula is C14H9BrN3O6S+. The molecule has 9 nitrogen and oxygen atoms in total. The quantitative estimate of drug-likeness (QED) is 0.384. The minimum absolute atomic E-state index is 0.00710. The maximum atomic E-state index is 12.6. The Morgan fingerprint density at radius 2 is 1.56 bits per heavy atom. The van der Waals surface area contributed by atoms with E-state index in [4.69, 9.17) is 0 Å². The lowest BCUT2D eigenvalue weighted by Gasteiger charge is -2.04. The van der Waals surface area contributed by atoms with Crippen LogP contribution >= 0.6 is 15.9 Å². The normalized spacial score (nSPS) is 11.4. The first kappa shape index (κ1) is 17.0. The zero-order chi connectivity index (χ0) is 18.2. The van der Waals surface area contributed by atoms with Crippen molar-refractivity contribution in [3.8, 4) is 5.69 Å². The van der Waals surface area contributed by atoms with Crippen LogP contribution in [-0.2, 0) is 9.84 Å². The van der Waals surface area contributed by atoms with E-state index in [1.54, 1.807) is 0 Å². The fourth-order valence-corrected chi connectivity index (χ4v) is 3.70. The van der Waals surface area contributed by atoms with Gasteiger partial charge in [0.05, 0.1) is 14.7 Å². The minimum Gasteiger partial charge on any atom is -0.282 e. The zero-order valence-electron chi connectivity index (χ0n) is 12.2. The summed E-state index contributed by atoms with van der Waals surface area (Å²) in [7, 11) is -3.82. The molecule has 0 atom stereocenters. The molecule has 0 amide bonds. The number of rotatable bonds is 4. The molecule has 0 fully saturated rings. The monoisotopic (exact) mass is 426 g/mol. The smallest absolute Gasteiger partial charge is 0.282 e. The topological polar surface area (TPSA) is 127 Å². The number of nitro groups is 1. The molecule has 2 aromatic carbocycles. The Morgan fingerprint density at radius 3 is 2.00 bits per heavy atom. The van der Waals surface area contributed by atoms with Crippen molar-refractivity contribution < 1.29 is 22.5 Å². The van der Waals surface area contributed by atoms with Crippen LogP contribution in [0.3, 0.4) is 0 Å². The molecule has 128 valence electrons. The summed E-state index contributed by atoms with van der Waals surface area (Å²) in [6, 6.07) is 10.3. The van der Waals surface area contributed by atoms with E-state index in [2.05, 4.69) is 25.7 Å². The van der Waals surface area contributed by atoms with Gasteiger partial charge in [0.15, 0.2) is 0 Å². The predicted octanol–water partition coefficient (Wildman–Crippen LogP) is 1.75. The molecule has 3 rings (SSSR count). The molecule has 1 heterocycles. The molecule has 0 aliphatic carbocycles. The number of aromatic amines is 1. The first-order valence-electron chi connectivity index (χ1n) is 6.70. The molecule has 0 saturated heterocycles. The summed E-state index contributed by atoms with van der Waals surface area (Å²) in [5.74, 6) is 0. The number of nitrogens with one attached hydrogen (secondary N) is 1. The van der Waals surface area contributed by atoms with Gasteiger partial charge in [0.25, 0.3) is 5.69 Å². The van der Waals surface area contributed by atoms with Gasteiger partial charge in [0.2, 0.25) is 15.5 Å². The second-order valence-electron chi connectivity index (χ2n) is 4.86. The van der Waals surface area contributed by atoms with Crippen LogP contribution in [0.25, 0.3) is 5.69 Å². The number of sulfone groups is 1. The highest BCUT2D eigenvalue weighted by molar-refractivity contribution is 9.10. The van der Waals surface area contributed by atoms with E-state index in [1.807, 2.05) is 0 Å². The molecule has 0 radical (unpaired) electrons. The summed E-state index contributed by atoms with van der Waals surface area (Å²) >= 11 is 3.05. The minimum atomic E-state index is -3.82.